The monoisotopic (exact) mass is 313 g/mol. The standard InChI is InChI=1S/C13H19N3O4S/c1-8-5-11(20-2)12(6-10(8)14)21(18,19)16-4-3-9(7-16)13(15)17/h5-6,9H,3-4,7,14H2,1-2H3,(H2,15,17). The molecular weight excluding hydrogens is 294 g/mol. The molecule has 1 heterocycles. The number of methoxy groups -OCH3 is 1. The molecule has 0 saturated carbocycles. The second-order valence-electron chi connectivity index (χ2n) is 5.11. The van der Waals surface area contributed by atoms with Crippen molar-refractivity contribution in [3.05, 3.63) is 17.7 Å². The number of benzene rings is 1. The number of hydrogen-bond acceptors (Lipinski definition) is 5. The summed E-state index contributed by atoms with van der Waals surface area (Å²) in [7, 11) is -2.36. The molecule has 1 saturated heterocycles. The minimum absolute atomic E-state index is 0.0122. The first-order chi connectivity index (χ1) is 9.77. The highest BCUT2D eigenvalue weighted by Crippen LogP contribution is 2.33. The lowest BCUT2D eigenvalue weighted by Crippen LogP contribution is -2.32. The molecule has 0 aliphatic carbocycles. The largest absolute Gasteiger partial charge is 0.495 e. The molecule has 0 radical (unpaired) electrons. The van der Waals surface area contributed by atoms with Crippen LogP contribution in [0, 0.1) is 12.8 Å². The molecule has 1 aliphatic heterocycles. The fourth-order valence-electron chi connectivity index (χ4n) is 2.36. The molecule has 2 rings (SSSR count). The van der Waals surface area contributed by atoms with E-state index in [4.69, 9.17) is 16.2 Å². The number of carbonyl (C=O) groups excluding carboxylic acids is 1. The van der Waals surface area contributed by atoms with Gasteiger partial charge in [-0.25, -0.2) is 8.42 Å². The van der Waals surface area contributed by atoms with E-state index in [9.17, 15) is 13.2 Å². The Hall–Kier alpha value is -1.80. The third kappa shape index (κ3) is 2.81. The zero-order valence-electron chi connectivity index (χ0n) is 12.0. The van der Waals surface area contributed by atoms with E-state index in [0.717, 1.165) is 5.56 Å². The summed E-state index contributed by atoms with van der Waals surface area (Å²) in [5.41, 5.74) is 12.2. The molecule has 1 aromatic rings. The molecule has 1 aromatic carbocycles. The number of primary amides is 1. The average Bonchev–Trinajstić information content (AvgIpc) is 2.91. The van der Waals surface area contributed by atoms with Gasteiger partial charge in [0.05, 0.1) is 13.0 Å². The minimum atomic E-state index is -3.77. The molecule has 1 atom stereocenters. The van der Waals surface area contributed by atoms with E-state index in [1.165, 1.54) is 17.5 Å². The molecule has 8 heteroatoms. The van der Waals surface area contributed by atoms with Crippen LogP contribution in [0.4, 0.5) is 5.69 Å². The van der Waals surface area contributed by atoms with Crippen molar-refractivity contribution in [2.45, 2.75) is 18.2 Å². The molecular formula is C13H19N3O4S. The summed E-state index contributed by atoms with van der Waals surface area (Å²) in [5.74, 6) is -0.694. The van der Waals surface area contributed by atoms with Crippen molar-refractivity contribution in [1.29, 1.82) is 0 Å². The van der Waals surface area contributed by atoms with Crippen LogP contribution in [0.1, 0.15) is 12.0 Å². The van der Waals surface area contributed by atoms with E-state index in [1.807, 2.05) is 0 Å². The number of nitrogens with zero attached hydrogens (tertiary/aromatic N) is 1. The number of ether oxygens (including phenoxy) is 1. The number of hydrogen-bond donors (Lipinski definition) is 2. The van der Waals surface area contributed by atoms with Gasteiger partial charge >= 0.3 is 0 Å². The van der Waals surface area contributed by atoms with Crippen molar-refractivity contribution in [3.63, 3.8) is 0 Å². The van der Waals surface area contributed by atoms with E-state index in [-0.39, 0.29) is 23.7 Å². The van der Waals surface area contributed by atoms with Gasteiger partial charge in [-0.2, -0.15) is 4.31 Å². The predicted octanol–water partition coefficient (Wildman–Crippen LogP) is 0.0817. The number of rotatable bonds is 4. The van der Waals surface area contributed by atoms with Gasteiger partial charge in [0.15, 0.2) is 0 Å². The summed E-state index contributed by atoms with van der Waals surface area (Å²) in [6.45, 7) is 2.12. The molecule has 0 bridgehead atoms. The van der Waals surface area contributed by atoms with Crippen LogP contribution in [0.25, 0.3) is 0 Å². The maximum absolute atomic E-state index is 12.7. The fraction of sp³-hybridized carbons (Fsp3) is 0.462. The van der Waals surface area contributed by atoms with Gasteiger partial charge < -0.3 is 16.2 Å². The van der Waals surface area contributed by atoms with Crippen molar-refractivity contribution in [3.8, 4) is 5.75 Å². The Morgan fingerprint density at radius 2 is 2.10 bits per heavy atom. The van der Waals surface area contributed by atoms with Crippen LogP contribution in [-0.2, 0) is 14.8 Å². The third-order valence-corrected chi connectivity index (χ3v) is 5.61. The smallest absolute Gasteiger partial charge is 0.246 e. The summed E-state index contributed by atoms with van der Waals surface area (Å²) < 4.78 is 31.8. The molecule has 7 nitrogen and oxygen atoms in total. The van der Waals surface area contributed by atoms with Crippen LogP contribution < -0.4 is 16.2 Å². The van der Waals surface area contributed by atoms with Crippen LogP contribution in [0.2, 0.25) is 0 Å². The molecule has 1 amide bonds. The summed E-state index contributed by atoms with van der Waals surface area (Å²) >= 11 is 0. The summed E-state index contributed by atoms with van der Waals surface area (Å²) in [6, 6.07) is 2.98. The molecule has 1 fully saturated rings. The van der Waals surface area contributed by atoms with Gasteiger partial charge in [-0.05, 0) is 31.0 Å². The van der Waals surface area contributed by atoms with E-state index in [0.29, 0.717) is 12.1 Å². The molecule has 1 unspecified atom stereocenters. The lowest BCUT2D eigenvalue weighted by atomic mass is 10.1. The van der Waals surface area contributed by atoms with Gasteiger partial charge in [0, 0.05) is 18.8 Å². The second kappa shape index (κ2) is 5.53. The van der Waals surface area contributed by atoms with Crippen LogP contribution in [0.5, 0.6) is 5.75 Å². The van der Waals surface area contributed by atoms with Crippen molar-refractivity contribution in [1.82, 2.24) is 4.31 Å². The number of nitrogen functional groups attached to an aromatic ring is 1. The molecule has 21 heavy (non-hydrogen) atoms. The summed E-state index contributed by atoms with van der Waals surface area (Å²) in [4.78, 5) is 11.2. The first kappa shape index (κ1) is 15.6. The first-order valence-corrected chi connectivity index (χ1v) is 7.95. The molecule has 1 aliphatic rings. The summed E-state index contributed by atoms with van der Waals surface area (Å²) in [5, 5.41) is 0. The van der Waals surface area contributed by atoms with Gasteiger partial charge in [-0.15, -0.1) is 0 Å². The third-order valence-electron chi connectivity index (χ3n) is 3.72. The topological polar surface area (TPSA) is 116 Å². The highest BCUT2D eigenvalue weighted by Gasteiger charge is 2.36. The second-order valence-corrected chi connectivity index (χ2v) is 7.02. The summed E-state index contributed by atoms with van der Waals surface area (Å²) in [6.07, 6.45) is 0.429. The first-order valence-electron chi connectivity index (χ1n) is 6.51. The fourth-order valence-corrected chi connectivity index (χ4v) is 4.03. The van der Waals surface area contributed by atoms with E-state index in [1.54, 1.807) is 13.0 Å². The van der Waals surface area contributed by atoms with Gasteiger partial charge in [0.25, 0.3) is 0 Å². The maximum atomic E-state index is 12.7. The average molecular weight is 313 g/mol. The predicted molar refractivity (Wildman–Crippen MR) is 78.2 cm³/mol. The van der Waals surface area contributed by atoms with Gasteiger partial charge in [-0.1, -0.05) is 0 Å². The number of sulfonamides is 1. The number of anilines is 1. The zero-order chi connectivity index (χ0) is 15.8. The zero-order valence-corrected chi connectivity index (χ0v) is 12.8. The Morgan fingerprint density at radius 1 is 1.43 bits per heavy atom. The quantitative estimate of drug-likeness (QED) is 0.764. The van der Waals surface area contributed by atoms with Crippen LogP contribution in [0.15, 0.2) is 17.0 Å². The van der Waals surface area contributed by atoms with Crippen LogP contribution >= 0.6 is 0 Å². The molecule has 116 valence electrons. The van der Waals surface area contributed by atoms with E-state index < -0.39 is 21.8 Å². The van der Waals surface area contributed by atoms with Gasteiger partial charge in [0.1, 0.15) is 10.6 Å². The Bertz CT molecular complexity index is 672. The van der Waals surface area contributed by atoms with Crippen LogP contribution in [-0.4, -0.2) is 38.8 Å². The van der Waals surface area contributed by atoms with Crippen molar-refractivity contribution in [2.24, 2.45) is 11.7 Å². The Morgan fingerprint density at radius 3 is 2.62 bits per heavy atom. The lowest BCUT2D eigenvalue weighted by Gasteiger charge is -2.19. The van der Waals surface area contributed by atoms with Crippen molar-refractivity contribution < 1.29 is 17.9 Å². The van der Waals surface area contributed by atoms with Crippen molar-refractivity contribution in [2.75, 3.05) is 25.9 Å². The van der Waals surface area contributed by atoms with Gasteiger partial charge in [-0.3, -0.25) is 4.79 Å². The normalized spacial score (nSPS) is 19.6. The lowest BCUT2D eigenvalue weighted by molar-refractivity contribution is -0.121. The van der Waals surface area contributed by atoms with Crippen molar-refractivity contribution >= 4 is 21.6 Å². The number of amides is 1. The molecule has 0 spiro atoms. The maximum Gasteiger partial charge on any atom is 0.246 e. The van der Waals surface area contributed by atoms with Crippen LogP contribution in [0.3, 0.4) is 0 Å². The minimum Gasteiger partial charge on any atom is -0.495 e. The SMILES string of the molecule is COc1cc(C)c(N)cc1S(=O)(=O)N1CCC(C(N)=O)C1. The van der Waals surface area contributed by atoms with E-state index >= 15 is 0 Å². The highest BCUT2D eigenvalue weighted by molar-refractivity contribution is 7.89. The number of nitrogens with two attached hydrogens (primary N) is 2. The van der Waals surface area contributed by atoms with Gasteiger partial charge in [0.2, 0.25) is 15.9 Å². The Labute approximate surface area is 123 Å². The number of carbonyl (C=O) groups is 1. The Balaban J connectivity index is 2.41. The highest BCUT2D eigenvalue weighted by atomic mass is 32.2. The molecule has 4 N–H and O–H groups in total. The number of aryl methyl sites for hydroxylation is 1. The molecule has 0 aromatic heterocycles. The Kier molecular flexibility index (Phi) is 4.11. The van der Waals surface area contributed by atoms with E-state index in [2.05, 4.69) is 0 Å².